The monoisotopic (exact) mass is 523 g/mol. The average molecular weight is 523 g/mol. The Labute approximate surface area is 172 Å². The topological polar surface area (TPSA) is 40.6 Å². The van der Waals surface area contributed by atoms with Crippen molar-refractivity contribution in [3.05, 3.63) is 35.9 Å². The molecule has 3 nitrogen and oxygen atoms in total. The second-order valence-electron chi connectivity index (χ2n) is 6.90. The Morgan fingerprint density at radius 1 is 0.800 bits per heavy atom. The molecule has 154 valence electrons. The summed E-state index contributed by atoms with van der Waals surface area (Å²) in [6, 6.07) is 0. The molecule has 0 aliphatic carbocycles. The van der Waals surface area contributed by atoms with Gasteiger partial charge in [-0.3, -0.25) is 0 Å². The van der Waals surface area contributed by atoms with Gasteiger partial charge in [0.1, 0.15) is 0 Å². The molecular formula is C21H45N3W-4. The first kappa shape index (κ1) is 32.5. The maximum atomic E-state index is 4.44. The van der Waals surface area contributed by atoms with Crippen LogP contribution in [-0.4, -0.2) is 17.6 Å². The van der Waals surface area contributed by atoms with Crippen LogP contribution in [0.1, 0.15) is 95.4 Å². The van der Waals surface area contributed by atoms with Gasteiger partial charge in [0.25, 0.3) is 0 Å². The Morgan fingerprint density at radius 2 is 1.08 bits per heavy atom. The first-order chi connectivity index (χ1) is 11.6. The number of rotatable bonds is 8. The summed E-state index contributed by atoms with van der Waals surface area (Å²) in [4.78, 5) is 0. The minimum Gasteiger partial charge on any atom is -0.335 e. The maximum absolute atomic E-state index is 4.44. The van der Waals surface area contributed by atoms with Crippen LogP contribution in [0.15, 0.2) is 15.9 Å². The van der Waals surface area contributed by atoms with Crippen LogP contribution < -0.4 is 0 Å². The van der Waals surface area contributed by atoms with Crippen LogP contribution in [0.25, 0.3) is 10.6 Å². The molecule has 0 N–H and O–H groups in total. The molecule has 0 unspecified atom stereocenters. The smallest absolute Gasteiger partial charge is 0.192 e. The van der Waals surface area contributed by atoms with E-state index in [4.69, 9.17) is 0 Å². The molecule has 0 aromatic heterocycles. The van der Waals surface area contributed by atoms with Crippen molar-refractivity contribution in [1.29, 1.82) is 0 Å². The number of nitrogens with zero attached hydrogens (tertiary/aromatic N) is 3. The summed E-state index contributed by atoms with van der Waals surface area (Å²) in [6.45, 7) is 24.0. The summed E-state index contributed by atoms with van der Waals surface area (Å²) in [5.41, 5.74) is 0.0881. The molecule has 0 aromatic rings. The molecule has 0 aliphatic heterocycles. The molecule has 25 heavy (non-hydrogen) atoms. The van der Waals surface area contributed by atoms with Crippen molar-refractivity contribution in [2.45, 2.75) is 107 Å². The Bertz CT molecular complexity index is 252. The predicted molar refractivity (Wildman–Crippen MR) is 113 cm³/mol. The predicted octanol–water partition coefficient (Wildman–Crippen LogP) is 8.17. The fourth-order valence-electron chi connectivity index (χ4n) is 0.744. The van der Waals surface area contributed by atoms with Crippen molar-refractivity contribution in [1.82, 2.24) is 0 Å². The van der Waals surface area contributed by atoms with E-state index in [1.807, 2.05) is 52.9 Å². The third-order valence-electron chi connectivity index (χ3n) is 2.96. The maximum Gasteiger partial charge on any atom is -0.192 e. The van der Waals surface area contributed by atoms with Gasteiger partial charge in [0.2, 0.25) is 0 Å². The van der Waals surface area contributed by atoms with Gasteiger partial charge in [-0.05, 0) is 0 Å². The van der Waals surface area contributed by atoms with E-state index in [2.05, 4.69) is 62.6 Å². The molecule has 0 aromatic carbocycles. The van der Waals surface area contributed by atoms with Crippen molar-refractivity contribution in [2.75, 3.05) is 6.54 Å². The van der Waals surface area contributed by atoms with Crippen LogP contribution in [0.5, 0.6) is 0 Å². The van der Waals surface area contributed by atoms with Gasteiger partial charge in [0, 0.05) is 0 Å². The molecule has 0 amide bonds. The molecule has 0 saturated carbocycles. The van der Waals surface area contributed by atoms with Gasteiger partial charge >= 0.3 is 43.0 Å². The summed E-state index contributed by atoms with van der Waals surface area (Å²) < 4.78 is 3.94. The van der Waals surface area contributed by atoms with Crippen molar-refractivity contribution in [3.63, 3.8) is 0 Å². The van der Waals surface area contributed by atoms with Gasteiger partial charge in [0.15, 0.2) is 0 Å². The van der Waals surface area contributed by atoms with Crippen molar-refractivity contribution < 1.29 is 19.6 Å². The zero-order chi connectivity index (χ0) is 20.8. The largest absolute Gasteiger partial charge is 0.335 e. The summed E-state index contributed by atoms with van der Waals surface area (Å²) in [5.74, 6) is 0. The first-order valence-electron chi connectivity index (χ1n) is 9.43. The minimum absolute atomic E-state index is 0.0440. The zero-order valence-corrected chi connectivity index (χ0v) is 21.8. The fourth-order valence-corrected chi connectivity index (χ4v) is 1.40. The molecule has 0 fully saturated rings. The molecule has 0 heterocycles. The van der Waals surface area contributed by atoms with E-state index in [0.29, 0.717) is 0 Å². The molecule has 0 atom stereocenters. The standard InChI is InChI=1S/C12H24N2.C3H7N.2C3H7.W/c1-7-11(3,4)13-9-10-14-12(5,6)8-2;1-2-3-4;2*1-3-2;/h9-10H,7-8H2,1-6H3;2-3H2,1H3;2*3H,1-2H3;/q-2;;2*-1;/b10-9-;;;;. The average Bonchev–Trinajstić information content (AvgIpc) is 2.55. The molecule has 0 bridgehead atoms. The molecule has 0 spiro atoms. The zero-order valence-electron chi connectivity index (χ0n) is 18.9. The van der Waals surface area contributed by atoms with Crippen molar-refractivity contribution in [3.8, 4) is 0 Å². The first-order valence-corrected chi connectivity index (χ1v) is 10.7. The molecule has 0 saturated heterocycles. The third kappa shape index (κ3) is 40.1. The van der Waals surface area contributed by atoms with Crippen LogP contribution in [-0.2, 0) is 19.6 Å². The van der Waals surface area contributed by atoms with E-state index < -0.39 is 0 Å². The normalized spacial score (nSPS) is 10.4. The Hall–Kier alpha value is -0.172. The SMILES string of the molecule is CCC(C)(C)[N-]/C=C\[N-]C(C)(C)CC.CCC[N]=[W].C[CH-]C.C[CH-]C. The summed E-state index contributed by atoms with van der Waals surface area (Å²) in [5, 5.41) is 8.88. The van der Waals surface area contributed by atoms with Crippen LogP contribution in [0.4, 0.5) is 0 Å². The van der Waals surface area contributed by atoms with E-state index in [-0.39, 0.29) is 11.1 Å². The van der Waals surface area contributed by atoms with Gasteiger partial charge in [-0.25, -0.2) is 12.4 Å². The number of hydrogen-bond acceptors (Lipinski definition) is 1. The summed E-state index contributed by atoms with van der Waals surface area (Å²) in [6.07, 6.45) is 10.9. The van der Waals surface area contributed by atoms with E-state index in [9.17, 15) is 0 Å². The van der Waals surface area contributed by atoms with Gasteiger partial charge < -0.3 is 23.5 Å². The quantitative estimate of drug-likeness (QED) is 0.288. The van der Waals surface area contributed by atoms with E-state index >= 15 is 0 Å². The van der Waals surface area contributed by atoms with E-state index in [1.165, 1.54) is 26.1 Å². The van der Waals surface area contributed by atoms with Crippen LogP contribution in [0, 0.1) is 12.8 Å². The van der Waals surface area contributed by atoms with Crippen molar-refractivity contribution in [2.24, 2.45) is 3.50 Å². The summed E-state index contributed by atoms with van der Waals surface area (Å²) in [7, 11) is 0. The Balaban J connectivity index is -0.000000164. The fraction of sp³-hybridized carbons (Fsp3) is 0.810. The van der Waals surface area contributed by atoms with Crippen LogP contribution in [0.2, 0.25) is 0 Å². The Morgan fingerprint density at radius 3 is 1.20 bits per heavy atom. The molecule has 0 aliphatic rings. The van der Waals surface area contributed by atoms with Gasteiger partial charge in [0.05, 0.1) is 0 Å². The molecule has 0 rings (SSSR count). The Kier molecular flexibility index (Phi) is 31.0. The van der Waals surface area contributed by atoms with E-state index in [0.717, 1.165) is 19.4 Å². The van der Waals surface area contributed by atoms with Gasteiger partial charge in [-0.1, -0.05) is 54.4 Å². The third-order valence-corrected chi connectivity index (χ3v) is 3.62. The summed E-state index contributed by atoms with van der Waals surface area (Å²) >= 11 is 1.35. The van der Waals surface area contributed by atoms with Gasteiger partial charge in [-0.15, -0.1) is 11.1 Å². The van der Waals surface area contributed by atoms with Crippen LogP contribution >= 0.6 is 0 Å². The number of hydrogen-bond donors (Lipinski definition) is 0. The molecule has 0 radical (unpaired) electrons. The minimum atomic E-state index is 0.0440. The van der Waals surface area contributed by atoms with Crippen molar-refractivity contribution >= 4 is 0 Å². The second kappa shape index (κ2) is 23.8. The van der Waals surface area contributed by atoms with Crippen LogP contribution in [0.3, 0.4) is 0 Å². The molecular weight excluding hydrogens is 478 g/mol. The second-order valence-corrected chi connectivity index (χ2v) is 7.82. The van der Waals surface area contributed by atoms with Gasteiger partial charge in [-0.2, -0.15) is 27.7 Å². The van der Waals surface area contributed by atoms with E-state index in [1.54, 1.807) is 0 Å². The molecule has 4 heteroatoms.